The zero-order chi connectivity index (χ0) is 14.5. The maximum absolute atomic E-state index is 12.3. The number of hydrogen-bond donors (Lipinski definition) is 1. The predicted molar refractivity (Wildman–Crippen MR) is 75.5 cm³/mol. The molecule has 0 aliphatic rings. The van der Waals surface area contributed by atoms with E-state index in [0.29, 0.717) is 31.9 Å². The Kier molecular flexibility index (Phi) is 6.48. The van der Waals surface area contributed by atoms with Crippen LogP contribution in [0.1, 0.15) is 12.2 Å². The molecule has 0 saturated heterocycles. The fraction of sp³-hybridized carbons (Fsp3) is 0.636. The molecule has 1 N–H and O–H groups in total. The van der Waals surface area contributed by atoms with E-state index in [1.165, 1.54) is 10.4 Å². The number of nitrogens with one attached hydrogen (secondary N) is 1. The van der Waals surface area contributed by atoms with Gasteiger partial charge in [-0.1, -0.05) is 0 Å². The molecule has 0 saturated carbocycles. The Bertz CT molecular complexity index is 501. The molecule has 1 aromatic rings. The molecule has 0 aliphatic carbocycles. The molecule has 0 unspecified atom stereocenters. The van der Waals surface area contributed by atoms with Gasteiger partial charge >= 0.3 is 0 Å². The van der Waals surface area contributed by atoms with Crippen molar-refractivity contribution in [2.45, 2.75) is 17.9 Å². The minimum absolute atomic E-state index is 0.151. The van der Waals surface area contributed by atoms with Crippen LogP contribution >= 0.6 is 15.9 Å². The number of furan rings is 1. The maximum Gasteiger partial charge on any atom is 0.247 e. The number of hydrogen-bond acceptors (Lipinski definition) is 5. The third kappa shape index (κ3) is 4.28. The van der Waals surface area contributed by atoms with E-state index in [0.717, 1.165) is 0 Å². The summed E-state index contributed by atoms with van der Waals surface area (Å²) in [4.78, 5) is 0.151. The summed E-state index contributed by atoms with van der Waals surface area (Å²) in [5.74, 6) is 0.568. The number of halogens is 1. The number of sulfonamides is 1. The lowest BCUT2D eigenvalue weighted by atomic mass is 10.4. The average molecular weight is 355 g/mol. The predicted octanol–water partition coefficient (Wildman–Crippen LogP) is 1.42. The Morgan fingerprint density at radius 3 is 2.79 bits per heavy atom. The normalized spacial score (nSPS) is 12.3. The second kappa shape index (κ2) is 7.39. The van der Waals surface area contributed by atoms with Crippen molar-refractivity contribution in [3.05, 3.63) is 16.5 Å². The Morgan fingerprint density at radius 2 is 2.21 bits per heavy atom. The number of nitrogens with zero attached hydrogens (tertiary/aromatic N) is 1. The monoisotopic (exact) mass is 354 g/mol. The topological polar surface area (TPSA) is 71.8 Å². The van der Waals surface area contributed by atoms with E-state index in [1.807, 2.05) is 0 Å². The van der Waals surface area contributed by atoms with Gasteiger partial charge < -0.3 is 14.5 Å². The second-order valence-corrected chi connectivity index (χ2v) is 6.79. The van der Waals surface area contributed by atoms with Crippen LogP contribution in [0.4, 0.5) is 0 Å². The minimum atomic E-state index is -3.54. The van der Waals surface area contributed by atoms with E-state index in [4.69, 9.17) is 9.15 Å². The van der Waals surface area contributed by atoms with Gasteiger partial charge in [-0.25, -0.2) is 12.7 Å². The lowest BCUT2D eigenvalue weighted by Crippen LogP contribution is -2.28. The minimum Gasteiger partial charge on any atom is -0.452 e. The third-order valence-electron chi connectivity index (χ3n) is 2.57. The van der Waals surface area contributed by atoms with Gasteiger partial charge in [0.15, 0.2) is 4.67 Å². The zero-order valence-electron chi connectivity index (χ0n) is 11.3. The summed E-state index contributed by atoms with van der Waals surface area (Å²) in [5.41, 5.74) is 0. The summed E-state index contributed by atoms with van der Waals surface area (Å²) < 4.78 is 36.5. The molecule has 6 nitrogen and oxygen atoms in total. The van der Waals surface area contributed by atoms with Crippen molar-refractivity contribution >= 4 is 26.0 Å². The molecule has 8 heteroatoms. The van der Waals surface area contributed by atoms with Gasteiger partial charge in [0.05, 0.1) is 6.54 Å². The van der Waals surface area contributed by atoms with Crippen LogP contribution < -0.4 is 5.32 Å². The molecule has 0 radical (unpaired) electrons. The molecule has 0 aromatic carbocycles. The number of rotatable bonds is 8. The van der Waals surface area contributed by atoms with E-state index >= 15 is 0 Å². The van der Waals surface area contributed by atoms with Crippen molar-refractivity contribution in [2.24, 2.45) is 0 Å². The van der Waals surface area contributed by atoms with Crippen LogP contribution in [0.2, 0.25) is 0 Å². The molecular weight excluding hydrogens is 336 g/mol. The second-order valence-electron chi connectivity index (χ2n) is 4.05. The van der Waals surface area contributed by atoms with Gasteiger partial charge in [-0.2, -0.15) is 0 Å². The van der Waals surface area contributed by atoms with Gasteiger partial charge in [0.1, 0.15) is 10.7 Å². The first-order chi connectivity index (χ1) is 8.93. The van der Waals surface area contributed by atoms with Gasteiger partial charge in [-0.3, -0.25) is 0 Å². The molecule has 0 atom stereocenters. The number of methoxy groups -OCH3 is 1. The standard InChI is InChI=1S/C11H19BrN2O4S/c1-13-8-9-7-10(11(12)18-9)19(15,16)14(2)5-4-6-17-3/h7,13H,4-6,8H2,1-3H3. The van der Waals surface area contributed by atoms with Crippen molar-refractivity contribution in [3.8, 4) is 0 Å². The van der Waals surface area contributed by atoms with Crippen molar-refractivity contribution in [1.29, 1.82) is 0 Å². The van der Waals surface area contributed by atoms with Crippen molar-refractivity contribution < 1.29 is 17.6 Å². The molecule has 110 valence electrons. The molecule has 0 amide bonds. The van der Waals surface area contributed by atoms with Crippen LogP contribution in [0.5, 0.6) is 0 Å². The molecular formula is C11H19BrN2O4S. The average Bonchev–Trinajstić information content (AvgIpc) is 2.71. The maximum atomic E-state index is 12.3. The summed E-state index contributed by atoms with van der Waals surface area (Å²) in [6, 6.07) is 1.53. The fourth-order valence-electron chi connectivity index (χ4n) is 1.55. The highest BCUT2D eigenvalue weighted by molar-refractivity contribution is 9.10. The molecule has 0 aliphatic heterocycles. The van der Waals surface area contributed by atoms with Crippen LogP contribution in [-0.4, -0.2) is 47.1 Å². The van der Waals surface area contributed by atoms with Gasteiger partial charge in [0.2, 0.25) is 10.0 Å². The van der Waals surface area contributed by atoms with Crippen LogP contribution in [0.15, 0.2) is 20.0 Å². The first-order valence-corrected chi connectivity index (χ1v) is 8.05. The Morgan fingerprint density at radius 1 is 1.53 bits per heavy atom. The lowest BCUT2D eigenvalue weighted by Gasteiger charge is -2.15. The van der Waals surface area contributed by atoms with Crippen LogP contribution in [0, 0.1) is 0 Å². The smallest absolute Gasteiger partial charge is 0.247 e. The summed E-state index contributed by atoms with van der Waals surface area (Å²) in [6.07, 6.45) is 0.644. The molecule has 1 heterocycles. The number of ether oxygens (including phenoxy) is 1. The van der Waals surface area contributed by atoms with E-state index in [1.54, 1.807) is 21.2 Å². The summed E-state index contributed by atoms with van der Waals surface area (Å²) >= 11 is 3.15. The molecule has 0 fully saturated rings. The highest BCUT2D eigenvalue weighted by Gasteiger charge is 2.26. The van der Waals surface area contributed by atoms with Gasteiger partial charge in [0.25, 0.3) is 0 Å². The first-order valence-electron chi connectivity index (χ1n) is 5.81. The Hall–Kier alpha value is -0.410. The van der Waals surface area contributed by atoms with Crippen LogP contribution in [0.25, 0.3) is 0 Å². The van der Waals surface area contributed by atoms with Crippen molar-refractivity contribution in [2.75, 3.05) is 34.4 Å². The van der Waals surface area contributed by atoms with Crippen LogP contribution in [-0.2, 0) is 21.3 Å². The van der Waals surface area contributed by atoms with Gasteiger partial charge in [-0.05, 0) is 29.4 Å². The van der Waals surface area contributed by atoms with E-state index in [-0.39, 0.29) is 9.56 Å². The Labute approximate surface area is 122 Å². The third-order valence-corrected chi connectivity index (χ3v) is 5.28. The highest BCUT2D eigenvalue weighted by atomic mass is 79.9. The summed E-state index contributed by atoms with van der Waals surface area (Å²) in [5, 5.41) is 2.91. The molecule has 1 aromatic heterocycles. The summed E-state index contributed by atoms with van der Waals surface area (Å²) in [7, 11) is 1.36. The van der Waals surface area contributed by atoms with Crippen molar-refractivity contribution in [3.63, 3.8) is 0 Å². The van der Waals surface area contributed by atoms with E-state index in [9.17, 15) is 8.42 Å². The quantitative estimate of drug-likeness (QED) is 0.714. The van der Waals surface area contributed by atoms with Gasteiger partial charge in [0, 0.05) is 33.4 Å². The highest BCUT2D eigenvalue weighted by Crippen LogP contribution is 2.28. The zero-order valence-corrected chi connectivity index (χ0v) is 13.7. The molecule has 0 spiro atoms. The van der Waals surface area contributed by atoms with Crippen LogP contribution in [0.3, 0.4) is 0 Å². The largest absolute Gasteiger partial charge is 0.452 e. The first kappa shape index (κ1) is 16.6. The lowest BCUT2D eigenvalue weighted by molar-refractivity contribution is 0.189. The fourth-order valence-corrected chi connectivity index (χ4v) is 3.72. The Balaban J connectivity index is 2.86. The van der Waals surface area contributed by atoms with E-state index < -0.39 is 10.0 Å². The van der Waals surface area contributed by atoms with Crippen molar-refractivity contribution in [1.82, 2.24) is 9.62 Å². The summed E-state index contributed by atoms with van der Waals surface area (Å²) in [6.45, 7) is 1.40. The SMILES string of the molecule is CNCc1cc(S(=O)(=O)N(C)CCCOC)c(Br)o1. The molecule has 19 heavy (non-hydrogen) atoms. The van der Waals surface area contributed by atoms with E-state index in [2.05, 4.69) is 21.2 Å². The molecule has 0 bridgehead atoms. The van der Waals surface area contributed by atoms with Gasteiger partial charge in [-0.15, -0.1) is 0 Å². The molecule has 1 rings (SSSR count).